The zero-order valence-electron chi connectivity index (χ0n) is 21.1. The summed E-state index contributed by atoms with van der Waals surface area (Å²) in [5.74, 6) is -0.103. The van der Waals surface area contributed by atoms with Gasteiger partial charge in [0.1, 0.15) is 11.4 Å². The normalized spacial score (nSPS) is 12.3. The number of anilines is 2. The monoisotopic (exact) mass is 482 g/mol. The highest BCUT2D eigenvalue weighted by Crippen LogP contribution is 2.33. The molecule has 0 aliphatic carbocycles. The highest BCUT2D eigenvalue weighted by molar-refractivity contribution is 6.10. The van der Waals surface area contributed by atoms with Gasteiger partial charge in [-0.25, -0.2) is 9.78 Å². The number of amides is 1. The van der Waals surface area contributed by atoms with Gasteiger partial charge in [0.25, 0.3) is 0 Å². The molecule has 0 fully saturated rings. The lowest BCUT2D eigenvalue weighted by atomic mass is 10.0. The number of ether oxygens (including phenoxy) is 2. The number of methoxy groups -OCH3 is 2. The molecule has 0 unspecified atom stereocenters. The second-order valence-corrected chi connectivity index (χ2v) is 9.30. The second-order valence-electron chi connectivity index (χ2n) is 9.30. The van der Waals surface area contributed by atoms with Crippen LogP contribution in [0.5, 0.6) is 5.75 Å². The van der Waals surface area contributed by atoms with Crippen molar-refractivity contribution < 1.29 is 24.2 Å². The minimum atomic E-state index is -0.825. The first-order chi connectivity index (χ1) is 16.5. The van der Waals surface area contributed by atoms with Crippen LogP contribution in [0.4, 0.5) is 11.4 Å². The smallest absolute Gasteiger partial charge is 0.356 e. The average molecular weight is 483 g/mol. The standard InChI is InChI=1S/C26H34N4O5/c1-16(14-26(3,4)33)28-19-13-21-22(29-17(2)31)23(25(32)35-6)30(24(21)27-15-19)12-11-18-7-9-20(34-5)10-8-18/h7-10,13,15-16,28,33H,11-12,14H2,1-6H3,(H,29,31)/t16-/m0/s1. The molecule has 3 rings (SSSR count). The number of hydrogen-bond acceptors (Lipinski definition) is 7. The summed E-state index contributed by atoms with van der Waals surface area (Å²) in [6, 6.07) is 9.53. The number of aryl methyl sites for hydroxylation is 2. The summed E-state index contributed by atoms with van der Waals surface area (Å²) < 4.78 is 12.1. The van der Waals surface area contributed by atoms with Crippen LogP contribution in [0.15, 0.2) is 36.5 Å². The number of rotatable bonds is 10. The summed E-state index contributed by atoms with van der Waals surface area (Å²) in [4.78, 5) is 29.5. The van der Waals surface area contributed by atoms with Crippen LogP contribution in [0.1, 0.15) is 50.2 Å². The number of fused-ring (bicyclic) bond motifs is 1. The van der Waals surface area contributed by atoms with E-state index in [0.29, 0.717) is 41.8 Å². The van der Waals surface area contributed by atoms with E-state index in [1.54, 1.807) is 31.7 Å². The maximum Gasteiger partial charge on any atom is 0.356 e. The first-order valence-corrected chi connectivity index (χ1v) is 11.5. The fraction of sp³-hybridized carbons (Fsp3) is 0.423. The first kappa shape index (κ1) is 26.0. The Morgan fingerprint density at radius 3 is 2.46 bits per heavy atom. The largest absolute Gasteiger partial charge is 0.497 e. The highest BCUT2D eigenvalue weighted by atomic mass is 16.5. The molecule has 0 spiro atoms. The van der Waals surface area contributed by atoms with Crippen molar-refractivity contribution in [1.29, 1.82) is 0 Å². The summed E-state index contributed by atoms with van der Waals surface area (Å²) in [5, 5.41) is 16.9. The van der Waals surface area contributed by atoms with E-state index in [0.717, 1.165) is 11.3 Å². The quantitative estimate of drug-likeness (QED) is 0.374. The SMILES string of the molecule is COC(=O)c1c(NC(C)=O)c2cc(N[C@@H](C)CC(C)(C)O)cnc2n1CCc1ccc(OC)cc1. The van der Waals surface area contributed by atoms with Crippen LogP contribution < -0.4 is 15.4 Å². The van der Waals surface area contributed by atoms with Crippen LogP contribution in [0, 0.1) is 0 Å². The number of carbonyl (C=O) groups is 2. The van der Waals surface area contributed by atoms with Crippen molar-refractivity contribution in [2.75, 3.05) is 24.9 Å². The van der Waals surface area contributed by atoms with Crippen molar-refractivity contribution >= 4 is 34.3 Å². The van der Waals surface area contributed by atoms with Gasteiger partial charge < -0.3 is 29.8 Å². The fourth-order valence-electron chi connectivity index (χ4n) is 4.25. The maximum absolute atomic E-state index is 12.8. The molecule has 1 amide bonds. The molecule has 2 heterocycles. The minimum absolute atomic E-state index is 0.0318. The molecule has 3 N–H and O–H groups in total. The Labute approximate surface area is 205 Å². The number of aliphatic hydroxyl groups is 1. The Hall–Kier alpha value is -3.59. The molecule has 1 atom stereocenters. The topological polar surface area (TPSA) is 115 Å². The van der Waals surface area contributed by atoms with Crippen molar-refractivity contribution in [3.8, 4) is 5.75 Å². The van der Waals surface area contributed by atoms with Crippen molar-refractivity contribution in [3.63, 3.8) is 0 Å². The van der Waals surface area contributed by atoms with E-state index in [-0.39, 0.29) is 17.6 Å². The zero-order chi connectivity index (χ0) is 25.8. The lowest BCUT2D eigenvalue weighted by Gasteiger charge is -2.23. The third-order valence-corrected chi connectivity index (χ3v) is 5.58. The number of esters is 1. The van der Waals surface area contributed by atoms with Gasteiger partial charge in [0.05, 0.1) is 37.4 Å². The Bertz CT molecular complexity index is 1200. The zero-order valence-corrected chi connectivity index (χ0v) is 21.1. The van der Waals surface area contributed by atoms with E-state index in [1.165, 1.54) is 14.0 Å². The number of carbonyl (C=O) groups excluding carboxylic acids is 2. The highest BCUT2D eigenvalue weighted by Gasteiger charge is 2.26. The number of benzene rings is 1. The Morgan fingerprint density at radius 1 is 1.20 bits per heavy atom. The van der Waals surface area contributed by atoms with Crippen LogP contribution in [0.25, 0.3) is 11.0 Å². The van der Waals surface area contributed by atoms with Crippen LogP contribution in [-0.2, 0) is 22.5 Å². The van der Waals surface area contributed by atoms with Crippen molar-refractivity contribution in [2.24, 2.45) is 0 Å². The van der Waals surface area contributed by atoms with Gasteiger partial charge in [0.2, 0.25) is 5.91 Å². The lowest BCUT2D eigenvalue weighted by molar-refractivity contribution is -0.114. The van der Waals surface area contributed by atoms with Crippen molar-refractivity contribution in [1.82, 2.24) is 9.55 Å². The molecule has 0 saturated heterocycles. The number of pyridine rings is 1. The molecule has 0 aliphatic heterocycles. The molecule has 3 aromatic rings. The van der Waals surface area contributed by atoms with Crippen molar-refractivity contribution in [3.05, 3.63) is 47.8 Å². The van der Waals surface area contributed by atoms with E-state index in [2.05, 4.69) is 15.6 Å². The van der Waals surface area contributed by atoms with E-state index >= 15 is 0 Å². The number of nitrogens with zero attached hydrogens (tertiary/aromatic N) is 2. The number of nitrogens with one attached hydrogen (secondary N) is 2. The summed E-state index contributed by atoms with van der Waals surface area (Å²) in [7, 11) is 2.93. The van der Waals surface area contributed by atoms with Crippen LogP contribution >= 0.6 is 0 Å². The average Bonchev–Trinajstić information content (AvgIpc) is 3.08. The van der Waals surface area contributed by atoms with Gasteiger partial charge in [-0.1, -0.05) is 12.1 Å². The number of hydrogen-bond donors (Lipinski definition) is 3. The molecule has 9 heteroatoms. The molecule has 9 nitrogen and oxygen atoms in total. The van der Waals surface area contributed by atoms with E-state index in [9.17, 15) is 14.7 Å². The Balaban J connectivity index is 2.04. The lowest BCUT2D eigenvalue weighted by Crippen LogP contribution is -2.29. The molecule has 0 bridgehead atoms. The van der Waals surface area contributed by atoms with Gasteiger partial charge in [0.15, 0.2) is 5.69 Å². The molecule has 188 valence electrons. The molecule has 1 aromatic carbocycles. The summed E-state index contributed by atoms with van der Waals surface area (Å²) in [5.41, 5.74) is 2.10. The summed E-state index contributed by atoms with van der Waals surface area (Å²) >= 11 is 0. The third-order valence-electron chi connectivity index (χ3n) is 5.58. The molecule has 0 radical (unpaired) electrons. The van der Waals surface area contributed by atoms with Crippen LogP contribution in [0.2, 0.25) is 0 Å². The van der Waals surface area contributed by atoms with Gasteiger partial charge in [-0.15, -0.1) is 0 Å². The predicted octanol–water partition coefficient (Wildman–Crippen LogP) is 3.99. The molecule has 0 saturated carbocycles. The first-order valence-electron chi connectivity index (χ1n) is 11.5. The Kier molecular flexibility index (Phi) is 8.01. The molecular weight excluding hydrogens is 448 g/mol. The summed E-state index contributed by atoms with van der Waals surface area (Å²) in [6.45, 7) is 7.32. The molecular formula is C26H34N4O5. The third kappa shape index (κ3) is 6.51. The van der Waals surface area contributed by atoms with E-state index in [1.807, 2.05) is 37.3 Å². The molecule has 0 aliphatic rings. The van der Waals surface area contributed by atoms with Crippen molar-refractivity contribution in [2.45, 2.75) is 58.7 Å². The Morgan fingerprint density at radius 2 is 1.89 bits per heavy atom. The summed E-state index contributed by atoms with van der Waals surface area (Å²) in [6.07, 6.45) is 2.84. The number of aromatic nitrogens is 2. The van der Waals surface area contributed by atoms with Gasteiger partial charge in [0, 0.05) is 24.9 Å². The van der Waals surface area contributed by atoms with E-state index in [4.69, 9.17) is 9.47 Å². The van der Waals surface area contributed by atoms with Crippen LogP contribution in [-0.4, -0.2) is 52.4 Å². The van der Waals surface area contributed by atoms with E-state index < -0.39 is 11.6 Å². The van der Waals surface area contributed by atoms with Gasteiger partial charge in [-0.3, -0.25) is 4.79 Å². The van der Waals surface area contributed by atoms with Crippen LogP contribution in [0.3, 0.4) is 0 Å². The fourth-order valence-corrected chi connectivity index (χ4v) is 4.25. The molecule has 2 aromatic heterocycles. The van der Waals surface area contributed by atoms with Gasteiger partial charge >= 0.3 is 5.97 Å². The molecule has 35 heavy (non-hydrogen) atoms. The minimum Gasteiger partial charge on any atom is -0.497 e. The van der Waals surface area contributed by atoms with Gasteiger partial charge in [-0.05, 0) is 57.4 Å². The second kappa shape index (κ2) is 10.8. The maximum atomic E-state index is 12.8. The predicted molar refractivity (Wildman–Crippen MR) is 136 cm³/mol. The van der Waals surface area contributed by atoms with Gasteiger partial charge in [-0.2, -0.15) is 0 Å².